The van der Waals surface area contributed by atoms with Gasteiger partial charge in [0, 0.05) is 20.6 Å². The summed E-state index contributed by atoms with van der Waals surface area (Å²) in [6.45, 7) is 0. The number of fused-ring (bicyclic) bond motifs is 1. The van der Waals surface area contributed by atoms with Crippen molar-refractivity contribution in [3.63, 3.8) is 0 Å². The molecule has 0 atom stereocenters. The molecule has 0 amide bonds. The monoisotopic (exact) mass is 471 g/mol. The molecular formula is C30H18BrN. The first kappa shape index (κ1) is 18.0. The van der Waals surface area contributed by atoms with Crippen LogP contribution in [0.25, 0.3) is 60.2 Å². The molecular weight excluding hydrogens is 454 g/mol. The summed E-state index contributed by atoms with van der Waals surface area (Å²) in [6.07, 6.45) is 0. The van der Waals surface area contributed by atoms with Crippen molar-refractivity contribution in [3.8, 4) is 16.8 Å². The van der Waals surface area contributed by atoms with E-state index in [1.807, 2.05) is 0 Å². The third-order valence-corrected chi connectivity index (χ3v) is 7.15. The Labute approximate surface area is 194 Å². The van der Waals surface area contributed by atoms with Crippen molar-refractivity contribution in [2.24, 2.45) is 0 Å². The third-order valence-electron chi connectivity index (χ3n) is 6.62. The van der Waals surface area contributed by atoms with Crippen molar-refractivity contribution in [3.05, 3.63) is 114 Å². The Balaban J connectivity index is 1.61. The highest BCUT2D eigenvalue weighted by molar-refractivity contribution is 9.10. The molecule has 0 bridgehead atoms. The summed E-state index contributed by atoms with van der Waals surface area (Å²) in [7, 11) is 0. The third kappa shape index (κ3) is 2.44. The lowest BCUT2D eigenvalue weighted by molar-refractivity contribution is 1.20. The van der Waals surface area contributed by atoms with Gasteiger partial charge in [0.25, 0.3) is 0 Å². The van der Waals surface area contributed by atoms with Crippen LogP contribution in [0, 0.1) is 0 Å². The molecule has 1 heterocycles. The van der Waals surface area contributed by atoms with Crippen molar-refractivity contribution in [1.29, 1.82) is 0 Å². The second kappa shape index (κ2) is 6.69. The largest absolute Gasteiger partial charge is 0.309 e. The molecule has 0 fully saturated rings. The predicted molar refractivity (Wildman–Crippen MR) is 140 cm³/mol. The van der Waals surface area contributed by atoms with E-state index in [0.29, 0.717) is 0 Å². The Morgan fingerprint density at radius 1 is 0.500 bits per heavy atom. The van der Waals surface area contributed by atoms with Gasteiger partial charge in [0.15, 0.2) is 0 Å². The molecule has 150 valence electrons. The summed E-state index contributed by atoms with van der Waals surface area (Å²) in [5.41, 5.74) is 6.22. The van der Waals surface area contributed by atoms with Crippen LogP contribution in [0.1, 0.15) is 0 Å². The van der Waals surface area contributed by atoms with Crippen LogP contribution >= 0.6 is 15.9 Å². The van der Waals surface area contributed by atoms with Crippen molar-refractivity contribution >= 4 is 59.3 Å². The molecule has 7 aromatic rings. The molecule has 0 saturated heterocycles. The van der Waals surface area contributed by atoms with Crippen LogP contribution in [0.4, 0.5) is 0 Å². The summed E-state index contributed by atoms with van der Waals surface area (Å²) < 4.78 is 3.54. The van der Waals surface area contributed by atoms with Gasteiger partial charge in [-0.15, -0.1) is 0 Å². The lowest BCUT2D eigenvalue weighted by Gasteiger charge is -2.15. The topological polar surface area (TPSA) is 4.93 Å². The summed E-state index contributed by atoms with van der Waals surface area (Å²) >= 11 is 3.56. The van der Waals surface area contributed by atoms with E-state index < -0.39 is 0 Å². The van der Waals surface area contributed by atoms with Gasteiger partial charge in [0.2, 0.25) is 0 Å². The molecule has 0 spiro atoms. The minimum atomic E-state index is 1.10. The molecule has 0 radical (unpaired) electrons. The molecule has 1 nitrogen and oxygen atoms in total. The first-order valence-electron chi connectivity index (χ1n) is 10.8. The van der Waals surface area contributed by atoms with Gasteiger partial charge in [-0.05, 0) is 57.6 Å². The zero-order chi connectivity index (χ0) is 21.2. The van der Waals surface area contributed by atoms with Crippen LogP contribution in [-0.4, -0.2) is 4.57 Å². The Morgan fingerprint density at radius 2 is 1.12 bits per heavy atom. The number of rotatable bonds is 2. The van der Waals surface area contributed by atoms with Crippen LogP contribution in [0.15, 0.2) is 114 Å². The van der Waals surface area contributed by atoms with Crippen molar-refractivity contribution in [2.75, 3.05) is 0 Å². The van der Waals surface area contributed by atoms with Gasteiger partial charge < -0.3 is 4.57 Å². The summed E-state index contributed by atoms with van der Waals surface area (Å²) in [5, 5.41) is 7.81. The smallest absolute Gasteiger partial charge is 0.0547 e. The quantitative estimate of drug-likeness (QED) is 0.221. The number of hydrogen-bond donors (Lipinski definition) is 0. The molecule has 0 unspecified atom stereocenters. The summed E-state index contributed by atoms with van der Waals surface area (Å²) in [5.74, 6) is 0. The predicted octanol–water partition coefficient (Wildman–Crippen LogP) is 8.96. The van der Waals surface area contributed by atoms with Gasteiger partial charge in [-0.2, -0.15) is 0 Å². The molecule has 0 aliphatic rings. The second-order valence-corrected chi connectivity index (χ2v) is 9.25. The summed E-state index contributed by atoms with van der Waals surface area (Å²) in [4.78, 5) is 0. The molecule has 6 aromatic carbocycles. The average Bonchev–Trinajstić information content (AvgIpc) is 3.18. The van der Waals surface area contributed by atoms with Gasteiger partial charge in [-0.25, -0.2) is 0 Å². The molecule has 7 rings (SSSR count). The van der Waals surface area contributed by atoms with Crippen LogP contribution < -0.4 is 0 Å². The van der Waals surface area contributed by atoms with E-state index >= 15 is 0 Å². The Bertz CT molecular complexity index is 1710. The van der Waals surface area contributed by atoms with Crippen LogP contribution in [0.2, 0.25) is 0 Å². The molecule has 1 aromatic heterocycles. The standard InChI is InChI=1S/C30H18BrN/c31-22-15-13-19(14-16-22)23-17-18-26(25-8-2-1-7-24(23)25)32-27-9-3-5-20-11-12-21-6-4-10-28(32)30(21)29(20)27/h1-18H. The number of hydrogen-bond acceptors (Lipinski definition) is 0. The fraction of sp³-hybridized carbons (Fsp3) is 0. The SMILES string of the molecule is Brc1ccc(-c2ccc(-n3c4cccc5ccc6cccc3c6c54)c3ccccc23)cc1. The maximum absolute atomic E-state index is 3.56. The Hall–Kier alpha value is -3.62. The molecule has 32 heavy (non-hydrogen) atoms. The van der Waals surface area contributed by atoms with Crippen molar-refractivity contribution in [2.45, 2.75) is 0 Å². The van der Waals surface area contributed by atoms with Crippen LogP contribution in [-0.2, 0) is 0 Å². The number of nitrogens with zero attached hydrogens (tertiary/aromatic N) is 1. The van der Waals surface area contributed by atoms with E-state index in [1.54, 1.807) is 0 Å². The Morgan fingerprint density at radius 3 is 1.78 bits per heavy atom. The molecule has 0 N–H and O–H groups in total. The summed E-state index contributed by atoms with van der Waals surface area (Å²) in [6, 6.07) is 39.6. The van der Waals surface area contributed by atoms with Crippen molar-refractivity contribution in [1.82, 2.24) is 4.57 Å². The maximum Gasteiger partial charge on any atom is 0.0547 e. The van der Waals surface area contributed by atoms with Crippen molar-refractivity contribution < 1.29 is 0 Å². The zero-order valence-corrected chi connectivity index (χ0v) is 18.8. The highest BCUT2D eigenvalue weighted by Crippen LogP contribution is 2.41. The fourth-order valence-electron chi connectivity index (χ4n) is 5.24. The number of aromatic nitrogens is 1. The van der Waals surface area contributed by atoms with E-state index in [1.165, 1.54) is 60.2 Å². The normalized spacial score (nSPS) is 11.9. The number of benzene rings is 6. The van der Waals surface area contributed by atoms with Crippen LogP contribution in [0.3, 0.4) is 0 Å². The second-order valence-electron chi connectivity index (χ2n) is 8.34. The van der Waals surface area contributed by atoms with Crippen LogP contribution in [0.5, 0.6) is 0 Å². The lowest BCUT2D eigenvalue weighted by atomic mass is 9.97. The highest BCUT2D eigenvalue weighted by Gasteiger charge is 2.18. The van der Waals surface area contributed by atoms with E-state index in [-0.39, 0.29) is 0 Å². The first-order chi connectivity index (χ1) is 15.8. The van der Waals surface area contributed by atoms with Gasteiger partial charge in [0.05, 0.1) is 16.7 Å². The van der Waals surface area contributed by atoms with E-state index in [0.717, 1.165) is 4.47 Å². The average molecular weight is 472 g/mol. The van der Waals surface area contributed by atoms with Gasteiger partial charge in [-0.3, -0.25) is 0 Å². The minimum absolute atomic E-state index is 1.10. The maximum atomic E-state index is 3.56. The number of halogens is 1. The van der Waals surface area contributed by atoms with Gasteiger partial charge in [0.1, 0.15) is 0 Å². The fourth-order valence-corrected chi connectivity index (χ4v) is 5.50. The Kier molecular flexibility index (Phi) is 3.76. The van der Waals surface area contributed by atoms with Gasteiger partial charge in [-0.1, -0.05) is 94.8 Å². The van der Waals surface area contributed by atoms with E-state index in [2.05, 4.69) is 130 Å². The van der Waals surface area contributed by atoms with E-state index in [9.17, 15) is 0 Å². The molecule has 0 aliphatic heterocycles. The van der Waals surface area contributed by atoms with Gasteiger partial charge >= 0.3 is 0 Å². The lowest BCUT2D eigenvalue weighted by Crippen LogP contribution is -1.96. The van der Waals surface area contributed by atoms with E-state index in [4.69, 9.17) is 0 Å². The molecule has 0 saturated carbocycles. The molecule has 0 aliphatic carbocycles. The highest BCUT2D eigenvalue weighted by atomic mass is 79.9. The first-order valence-corrected chi connectivity index (χ1v) is 11.6. The minimum Gasteiger partial charge on any atom is -0.309 e. The molecule has 2 heteroatoms. The zero-order valence-electron chi connectivity index (χ0n) is 17.2.